The van der Waals surface area contributed by atoms with E-state index in [0.29, 0.717) is 87.5 Å². The molecule has 2 atom stereocenters. The number of amidine groups is 4. The fourth-order valence-electron chi connectivity index (χ4n) is 20.5. The summed E-state index contributed by atoms with van der Waals surface area (Å²) in [5.41, 5.74) is 43.1. The molecule has 0 bridgehead atoms. The summed E-state index contributed by atoms with van der Waals surface area (Å²) in [6.45, 7) is 65.3. The Labute approximate surface area is 701 Å². The molecule has 2 unspecified atom stereocenters. The molecule has 24 heteroatoms. The van der Waals surface area contributed by atoms with E-state index in [4.69, 9.17) is 70.5 Å². The molecule has 2 heterocycles. The molecule has 0 radical (unpaired) electrons. The zero-order valence-electron chi connectivity index (χ0n) is 76.5. The normalized spacial score (nSPS) is 19.0. The number of ether oxygens (including phenoxy) is 8. The second-order valence-corrected chi connectivity index (χ2v) is 37.5. The van der Waals surface area contributed by atoms with Crippen LogP contribution in [0.5, 0.6) is 69.0 Å². The number of nitrogens with two attached hydrogens (primary N) is 4. The number of fused-ring (bicyclic) bond motifs is 12. The molecular formula is C94H136N12O12. The van der Waals surface area contributed by atoms with Crippen LogP contribution in [0.4, 0.5) is 0 Å². The van der Waals surface area contributed by atoms with Gasteiger partial charge in [0.2, 0.25) is 0 Å². The molecule has 118 heavy (non-hydrogen) atoms. The molecule has 0 fully saturated rings. The summed E-state index contributed by atoms with van der Waals surface area (Å²) in [4.78, 5) is 21.6. The summed E-state index contributed by atoms with van der Waals surface area (Å²) in [5.74, 6) is 6.84. The lowest BCUT2D eigenvalue weighted by atomic mass is 9.70. The first-order chi connectivity index (χ1) is 55.4. The molecule has 0 saturated carbocycles. The fraction of sp³-hybridized carbons (Fsp3) is 0.574. The van der Waals surface area contributed by atoms with E-state index in [2.05, 4.69) is 175 Å². The maximum atomic E-state index is 9.98. The van der Waals surface area contributed by atoms with Crippen LogP contribution in [0.25, 0.3) is 0 Å². The van der Waals surface area contributed by atoms with E-state index in [1.165, 1.54) is 50.1 Å². The number of rotatable bonds is 26. The molecule has 0 aromatic heterocycles. The van der Waals surface area contributed by atoms with Gasteiger partial charge in [0.05, 0.1) is 50.7 Å². The van der Waals surface area contributed by atoms with Crippen LogP contribution >= 0.6 is 0 Å². The average molecular weight is 1630 g/mol. The summed E-state index contributed by atoms with van der Waals surface area (Å²) < 4.78 is 53.4. The molecule has 4 aliphatic carbocycles. The maximum Gasteiger partial charge on any atom is 0.182 e. The first-order valence-electron chi connectivity index (χ1n) is 42.3. The van der Waals surface area contributed by atoms with E-state index < -0.39 is 22.0 Å². The lowest BCUT2D eigenvalue weighted by Crippen LogP contribution is -2.32. The third-order valence-corrected chi connectivity index (χ3v) is 26.0. The van der Waals surface area contributed by atoms with Gasteiger partial charge < -0.3 is 80.9 Å². The van der Waals surface area contributed by atoms with Gasteiger partial charge in [-0.1, -0.05) is 131 Å². The Morgan fingerprint density at radius 2 is 0.619 bits per heavy atom. The standard InChI is InChI=1S/C51H76N6O6.C43H60N6O6/c1-19-56(20-2)25-31-39-33(23-35(58-17)41(31)59-18)49(13,14)27-51(39)28-50(15,16)34-24-36-42(32(40(34)51)26-57(21-3)22-4)61-44-38(46(53)55-63-48(10,11)12)30(6)29(5)37(43(44)60-36)45(52)54-62-47(7,8)9;1-13-48(14-2)19-25-33-27(17-29(52-11)35(25)53-12)41(7,8)21-43(33)22-42(9,10)28-18-30-36(26(34(28)43)20-49(15-3)16-4)55-38-32(40(45)47-51)24(6)23(5)31(37(38)54-30)39(44)46-50/h23-24H,19-22,25-28H2,1-18H3,(H2,52,54)(H2,53,55);17-18,50-51H,13-16,19-22H2,1-12H3,(H2,44,46)(H2,45,47). The molecule has 24 nitrogen and oxygen atoms in total. The first-order valence-corrected chi connectivity index (χ1v) is 42.3. The number of nitrogens with zero attached hydrogens (tertiary/aromatic N) is 8. The highest BCUT2D eigenvalue weighted by atomic mass is 16.7. The van der Waals surface area contributed by atoms with Crippen molar-refractivity contribution in [1.82, 2.24) is 19.6 Å². The number of benzene rings is 6. The van der Waals surface area contributed by atoms with Crippen molar-refractivity contribution in [3.8, 4) is 69.0 Å². The second kappa shape index (κ2) is 33.0. The van der Waals surface area contributed by atoms with Crippen LogP contribution in [0, 0.1) is 27.7 Å². The van der Waals surface area contributed by atoms with Crippen LogP contribution in [-0.4, -0.2) is 145 Å². The van der Waals surface area contributed by atoms with Gasteiger partial charge in [-0.15, -0.1) is 0 Å². The second-order valence-electron chi connectivity index (χ2n) is 37.5. The van der Waals surface area contributed by atoms with E-state index in [1.54, 1.807) is 28.4 Å². The van der Waals surface area contributed by atoms with Crippen LogP contribution < -0.4 is 60.8 Å². The van der Waals surface area contributed by atoms with Gasteiger partial charge in [0.1, 0.15) is 11.2 Å². The van der Waals surface area contributed by atoms with Crippen molar-refractivity contribution in [2.45, 2.75) is 276 Å². The predicted molar refractivity (Wildman–Crippen MR) is 471 cm³/mol. The lowest BCUT2D eigenvalue weighted by Gasteiger charge is -2.36. The number of hydrogen-bond donors (Lipinski definition) is 6. The Kier molecular flexibility index (Phi) is 25.0. The summed E-state index contributed by atoms with van der Waals surface area (Å²) in [7, 11) is 6.97. The highest BCUT2D eigenvalue weighted by Crippen LogP contribution is 2.71. The minimum atomic E-state index is -0.584. The Balaban J connectivity index is 0.000000233. The van der Waals surface area contributed by atoms with Gasteiger partial charge in [0.25, 0.3) is 0 Å². The van der Waals surface area contributed by atoms with Gasteiger partial charge >= 0.3 is 0 Å². The molecule has 10 N–H and O–H groups in total. The first kappa shape index (κ1) is 89.4. The van der Waals surface area contributed by atoms with Crippen LogP contribution in [0.2, 0.25) is 0 Å². The lowest BCUT2D eigenvalue weighted by molar-refractivity contribution is 0.000473. The molecule has 0 amide bonds. The minimum Gasteiger partial charge on any atom is -0.493 e. The fourth-order valence-corrected chi connectivity index (χ4v) is 20.5. The third kappa shape index (κ3) is 15.3. The average Bonchev–Trinajstić information content (AvgIpc) is 1.51. The highest BCUT2D eigenvalue weighted by molar-refractivity contribution is 6.10. The smallest absolute Gasteiger partial charge is 0.182 e. The van der Waals surface area contributed by atoms with Crippen molar-refractivity contribution in [3.05, 3.63) is 136 Å². The topological polar surface area (TPSA) is 299 Å². The summed E-state index contributed by atoms with van der Waals surface area (Å²) in [5, 5.41) is 35.5. The Hall–Kier alpha value is -9.36. The van der Waals surface area contributed by atoms with E-state index in [-0.39, 0.29) is 56.5 Å². The van der Waals surface area contributed by atoms with Crippen LogP contribution in [0.1, 0.15) is 289 Å². The molecule has 12 rings (SSSR count). The summed E-state index contributed by atoms with van der Waals surface area (Å²) >= 11 is 0. The van der Waals surface area contributed by atoms with Crippen molar-refractivity contribution in [3.63, 3.8) is 0 Å². The molecule has 6 aromatic carbocycles. The number of oxime groups is 4. The molecule has 6 aromatic rings. The molecule has 2 spiro atoms. The van der Waals surface area contributed by atoms with E-state index in [9.17, 15) is 10.4 Å². The monoisotopic (exact) mass is 1630 g/mol. The van der Waals surface area contributed by atoms with Gasteiger partial charge in [-0.25, -0.2) is 0 Å². The summed E-state index contributed by atoms with van der Waals surface area (Å²) in [6.07, 6.45) is 3.51. The van der Waals surface area contributed by atoms with Crippen LogP contribution in [-0.2, 0) is 68.3 Å². The zero-order chi connectivity index (χ0) is 87.1. The van der Waals surface area contributed by atoms with Crippen LogP contribution in [0.15, 0.2) is 44.9 Å². The van der Waals surface area contributed by atoms with Gasteiger partial charge in [-0.05, 0) is 260 Å². The van der Waals surface area contributed by atoms with E-state index in [1.807, 2.05) is 69.2 Å². The highest BCUT2D eigenvalue weighted by Gasteiger charge is 2.62. The van der Waals surface area contributed by atoms with E-state index >= 15 is 0 Å². The largest absolute Gasteiger partial charge is 0.493 e. The quantitative estimate of drug-likeness (QED) is 0.0127. The Morgan fingerprint density at radius 1 is 0.373 bits per heavy atom. The molecule has 0 saturated heterocycles. The van der Waals surface area contributed by atoms with Crippen LogP contribution in [0.3, 0.4) is 0 Å². The van der Waals surface area contributed by atoms with Gasteiger partial charge in [0.15, 0.2) is 92.3 Å². The van der Waals surface area contributed by atoms with Crippen molar-refractivity contribution in [2.75, 3.05) is 80.8 Å². The molecular weight excluding hydrogens is 1490 g/mol. The Morgan fingerprint density at radius 3 is 0.864 bits per heavy atom. The number of hydrogen-bond acceptors (Lipinski definition) is 20. The minimum absolute atomic E-state index is 0.131. The van der Waals surface area contributed by atoms with Crippen molar-refractivity contribution in [2.24, 2.45) is 43.6 Å². The van der Waals surface area contributed by atoms with E-state index in [0.717, 1.165) is 135 Å². The maximum absolute atomic E-state index is 9.98. The Bertz CT molecular complexity index is 5010. The van der Waals surface area contributed by atoms with Crippen molar-refractivity contribution in [1.29, 1.82) is 0 Å². The van der Waals surface area contributed by atoms with Crippen molar-refractivity contribution >= 4 is 23.3 Å². The molecule has 644 valence electrons. The zero-order valence-corrected chi connectivity index (χ0v) is 76.5. The third-order valence-electron chi connectivity index (χ3n) is 26.0. The SMILES string of the molecule is CCN(CC)Cc1c(OC)c(OC)cc2c1C1(CC2(C)C)CC(C)(C)c2cc3c(c(CN(CC)CC)c21)Oc1c(c(/C(N)=N/O)c(C)c(C)c1/C(N)=N/O)O3.CCN(CC)Cc1c(OC)c(OC)cc2c1C1(CC2(C)C)CC(C)(C)c2cc3c(c(CN(CC)CC)c21)Oc1c(c(/C(N)=N/OC(C)(C)C)c(C)c(C)c1/C(N)=N/OC(C)(C)C)O3. The molecule has 2 aliphatic heterocycles. The van der Waals surface area contributed by atoms with Gasteiger partial charge in [0, 0.05) is 59.3 Å². The van der Waals surface area contributed by atoms with Crippen molar-refractivity contribution < 1.29 is 58.0 Å². The predicted octanol–water partition coefficient (Wildman–Crippen LogP) is 18.2. The van der Waals surface area contributed by atoms with Gasteiger partial charge in [-0.3, -0.25) is 19.6 Å². The van der Waals surface area contributed by atoms with Gasteiger partial charge in [-0.2, -0.15) is 0 Å². The summed E-state index contributed by atoms with van der Waals surface area (Å²) in [6, 6.07) is 8.81. The molecule has 6 aliphatic rings. The number of methoxy groups -OCH3 is 4.